The molecule has 3 heteroatoms. The van der Waals surface area contributed by atoms with Gasteiger partial charge in [-0.2, -0.15) is 16.4 Å². The molecule has 0 aliphatic rings. The van der Waals surface area contributed by atoms with Crippen LogP contribution in [0.5, 0.6) is 0 Å². The summed E-state index contributed by atoms with van der Waals surface area (Å²) in [4.78, 5) is 0. The van der Waals surface area contributed by atoms with Gasteiger partial charge in [-0.3, -0.25) is 4.68 Å². The Morgan fingerprint density at radius 2 is 2.20 bits per heavy atom. The van der Waals surface area contributed by atoms with E-state index in [1.54, 1.807) is 11.3 Å². The Morgan fingerprint density at radius 3 is 2.80 bits per heavy atom. The smallest absolute Gasteiger partial charge is 0.0670 e. The molecule has 0 aliphatic heterocycles. The van der Waals surface area contributed by atoms with E-state index in [1.807, 2.05) is 0 Å². The van der Waals surface area contributed by atoms with Gasteiger partial charge in [0.25, 0.3) is 0 Å². The van der Waals surface area contributed by atoms with Gasteiger partial charge in [0.05, 0.1) is 12.2 Å². The Morgan fingerprint density at radius 1 is 1.33 bits per heavy atom. The van der Waals surface area contributed by atoms with Crippen LogP contribution in [0.15, 0.2) is 22.9 Å². The number of hydrogen-bond acceptors (Lipinski definition) is 2. The van der Waals surface area contributed by atoms with E-state index in [0.29, 0.717) is 0 Å². The molecule has 80 valence electrons. The molecule has 0 radical (unpaired) electrons. The summed E-state index contributed by atoms with van der Waals surface area (Å²) in [5.74, 6) is 0. The molecule has 2 heterocycles. The van der Waals surface area contributed by atoms with Gasteiger partial charge in [0.15, 0.2) is 0 Å². The maximum absolute atomic E-state index is 4.60. The minimum Gasteiger partial charge on any atom is -0.265 e. The second kappa shape index (κ2) is 4.62. The second-order valence-corrected chi connectivity index (χ2v) is 4.40. The third-order valence-electron chi connectivity index (χ3n) is 2.55. The van der Waals surface area contributed by atoms with E-state index < -0.39 is 0 Å². The lowest BCUT2D eigenvalue weighted by molar-refractivity contribution is 0.641. The Balaban J connectivity index is 2.23. The monoisotopic (exact) mass is 220 g/mol. The second-order valence-electron chi connectivity index (χ2n) is 3.62. The van der Waals surface area contributed by atoms with Gasteiger partial charge in [-0.05, 0) is 41.3 Å². The Hall–Kier alpha value is -1.09. The van der Waals surface area contributed by atoms with Crippen LogP contribution in [0.3, 0.4) is 0 Å². The molecule has 0 bridgehead atoms. The van der Waals surface area contributed by atoms with Crippen molar-refractivity contribution in [3.05, 3.63) is 39.8 Å². The predicted molar refractivity (Wildman–Crippen MR) is 64.4 cm³/mol. The first-order chi connectivity index (χ1) is 7.33. The first kappa shape index (κ1) is 10.4. The fraction of sp³-hybridized carbons (Fsp3) is 0.417. The van der Waals surface area contributed by atoms with Crippen LogP contribution in [-0.4, -0.2) is 9.78 Å². The van der Waals surface area contributed by atoms with Crippen molar-refractivity contribution in [3.8, 4) is 0 Å². The van der Waals surface area contributed by atoms with E-state index in [-0.39, 0.29) is 0 Å². The first-order valence-corrected chi connectivity index (χ1v) is 6.34. The van der Waals surface area contributed by atoms with E-state index >= 15 is 0 Å². The van der Waals surface area contributed by atoms with Gasteiger partial charge in [0, 0.05) is 5.69 Å². The zero-order chi connectivity index (χ0) is 10.7. The van der Waals surface area contributed by atoms with E-state index in [4.69, 9.17) is 0 Å². The highest BCUT2D eigenvalue weighted by Crippen LogP contribution is 2.12. The fourth-order valence-electron chi connectivity index (χ4n) is 1.66. The summed E-state index contributed by atoms with van der Waals surface area (Å²) in [6, 6.07) is 4.38. The molecule has 0 amide bonds. The predicted octanol–water partition coefficient (Wildman–Crippen LogP) is 3.12. The van der Waals surface area contributed by atoms with Crippen molar-refractivity contribution in [2.75, 3.05) is 0 Å². The Bertz CT molecular complexity index is 415. The third-order valence-corrected chi connectivity index (χ3v) is 3.28. The van der Waals surface area contributed by atoms with Crippen LogP contribution in [0, 0.1) is 0 Å². The summed E-state index contributed by atoms with van der Waals surface area (Å²) in [6.45, 7) is 5.24. The lowest BCUT2D eigenvalue weighted by atomic mass is 10.2. The molecule has 0 saturated heterocycles. The molecule has 2 aromatic heterocycles. The molecule has 0 aromatic carbocycles. The van der Waals surface area contributed by atoms with Crippen LogP contribution in [0.4, 0.5) is 0 Å². The van der Waals surface area contributed by atoms with Gasteiger partial charge in [-0.15, -0.1) is 0 Å². The number of hydrogen-bond donors (Lipinski definition) is 0. The molecule has 0 unspecified atom stereocenters. The van der Waals surface area contributed by atoms with E-state index in [1.165, 1.54) is 17.0 Å². The molecule has 0 saturated carbocycles. The first-order valence-electron chi connectivity index (χ1n) is 5.40. The summed E-state index contributed by atoms with van der Waals surface area (Å²) in [7, 11) is 0. The highest BCUT2D eigenvalue weighted by atomic mass is 32.1. The van der Waals surface area contributed by atoms with Gasteiger partial charge < -0.3 is 0 Å². The van der Waals surface area contributed by atoms with Crippen LogP contribution < -0.4 is 0 Å². The lowest BCUT2D eigenvalue weighted by Gasteiger charge is -2.03. The molecule has 15 heavy (non-hydrogen) atoms. The maximum atomic E-state index is 4.60. The van der Waals surface area contributed by atoms with Crippen molar-refractivity contribution in [2.24, 2.45) is 0 Å². The van der Waals surface area contributed by atoms with E-state index in [0.717, 1.165) is 19.4 Å². The number of aryl methyl sites for hydroxylation is 2. The highest BCUT2D eigenvalue weighted by molar-refractivity contribution is 7.07. The lowest BCUT2D eigenvalue weighted by Crippen LogP contribution is -2.05. The van der Waals surface area contributed by atoms with Crippen LogP contribution in [-0.2, 0) is 19.4 Å². The van der Waals surface area contributed by atoms with Crippen molar-refractivity contribution >= 4 is 11.3 Å². The normalized spacial score (nSPS) is 10.8. The van der Waals surface area contributed by atoms with Crippen LogP contribution in [0.1, 0.15) is 30.8 Å². The number of thiophene rings is 1. The topological polar surface area (TPSA) is 17.8 Å². The van der Waals surface area contributed by atoms with Crippen LogP contribution in [0.2, 0.25) is 0 Å². The molecule has 0 N–H and O–H groups in total. The Labute approximate surface area is 94.6 Å². The molecule has 2 nitrogen and oxygen atoms in total. The van der Waals surface area contributed by atoms with E-state index in [2.05, 4.69) is 46.5 Å². The van der Waals surface area contributed by atoms with Crippen molar-refractivity contribution in [2.45, 2.75) is 33.2 Å². The van der Waals surface area contributed by atoms with Gasteiger partial charge in [-0.25, -0.2) is 0 Å². The molecule has 0 aliphatic carbocycles. The summed E-state index contributed by atoms with van der Waals surface area (Å²) in [5, 5.41) is 8.90. The zero-order valence-electron chi connectivity index (χ0n) is 9.23. The van der Waals surface area contributed by atoms with Gasteiger partial charge in [-0.1, -0.05) is 13.8 Å². The largest absolute Gasteiger partial charge is 0.265 e. The molecular formula is C12H16N2S. The van der Waals surface area contributed by atoms with Crippen molar-refractivity contribution in [1.82, 2.24) is 9.78 Å². The number of nitrogens with zero attached hydrogens (tertiary/aromatic N) is 2. The van der Waals surface area contributed by atoms with Gasteiger partial charge in [0.2, 0.25) is 0 Å². The Kier molecular flexibility index (Phi) is 3.21. The number of aromatic nitrogens is 2. The summed E-state index contributed by atoms with van der Waals surface area (Å²) in [5.41, 5.74) is 3.88. The average Bonchev–Trinajstić information content (AvgIpc) is 2.87. The molecule has 2 rings (SSSR count). The van der Waals surface area contributed by atoms with Gasteiger partial charge >= 0.3 is 0 Å². The average molecular weight is 220 g/mol. The minimum atomic E-state index is 0.909. The molecule has 0 spiro atoms. The molecular weight excluding hydrogens is 204 g/mol. The minimum absolute atomic E-state index is 0.909. The summed E-state index contributed by atoms with van der Waals surface area (Å²) >= 11 is 1.74. The van der Waals surface area contributed by atoms with E-state index in [9.17, 15) is 0 Å². The summed E-state index contributed by atoms with van der Waals surface area (Å²) < 4.78 is 2.13. The standard InChI is InChI=1S/C12H16N2S/c1-3-11-7-12(4-2)14(13-11)8-10-5-6-15-9-10/h5-7,9H,3-4,8H2,1-2H3. The van der Waals surface area contributed by atoms with Crippen LogP contribution in [0.25, 0.3) is 0 Å². The highest BCUT2D eigenvalue weighted by Gasteiger charge is 2.05. The third kappa shape index (κ3) is 2.29. The summed E-state index contributed by atoms with van der Waals surface area (Å²) in [6.07, 6.45) is 2.07. The van der Waals surface area contributed by atoms with Gasteiger partial charge in [0.1, 0.15) is 0 Å². The molecule has 2 aromatic rings. The van der Waals surface area contributed by atoms with Crippen molar-refractivity contribution < 1.29 is 0 Å². The quantitative estimate of drug-likeness (QED) is 0.774. The fourth-order valence-corrected chi connectivity index (χ4v) is 2.32. The molecule has 0 atom stereocenters. The molecule has 0 fully saturated rings. The van der Waals surface area contributed by atoms with Crippen LogP contribution >= 0.6 is 11.3 Å². The number of rotatable bonds is 4. The van der Waals surface area contributed by atoms with Crippen molar-refractivity contribution in [1.29, 1.82) is 0 Å². The SMILES string of the molecule is CCc1cc(CC)n(Cc2ccsc2)n1. The maximum Gasteiger partial charge on any atom is 0.0670 e. The zero-order valence-corrected chi connectivity index (χ0v) is 10.0. The van der Waals surface area contributed by atoms with Crippen molar-refractivity contribution in [3.63, 3.8) is 0 Å².